The maximum Gasteiger partial charge on any atom is 0.240 e. The highest BCUT2D eigenvalue weighted by Gasteiger charge is 2.25. The van der Waals surface area contributed by atoms with Crippen molar-refractivity contribution in [1.82, 2.24) is 15.3 Å². The van der Waals surface area contributed by atoms with Crippen LogP contribution in [0.4, 0.5) is 5.82 Å². The number of para-hydroxylation sites is 1. The summed E-state index contributed by atoms with van der Waals surface area (Å²) in [6.45, 7) is 0.692. The van der Waals surface area contributed by atoms with E-state index in [1.165, 1.54) is 0 Å². The molecule has 3 rings (SSSR count). The van der Waals surface area contributed by atoms with Crippen molar-refractivity contribution in [3.63, 3.8) is 0 Å². The third-order valence-electron chi connectivity index (χ3n) is 3.36. The summed E-state index contributed by atoms with van der Waals surface area (Å²) in [4.78, 5) is 22.0. The van der Waals surface area contributed by atoms with Crippen LogP contribution in [0.1, 0.15) is 11.6 Å². The van der Waals surface area contributed by atoms with Gasteiger partial charge in [0, 0.05) is 25.0 Å². The number of carbonyl (C=O) groups excluding carboxylic acids is 1. The minimum Gasteiger partial charge on any atom is -0.491 e. The molecule has 1 amide bonds. The third kappa shape index (κ3) is 2.94. The lowest BCUT2D eigenvalue weighted by atomic mass is 10.1. The fourth-order valence-electron chi connectivity index (χ4n) is 2.31. The van der Waals surface area contributed by atoms with Gasteiger partial charge in [0.05, 0.1) is 18.8 Å². The van der Waals surface area contributed by atoms with E-state index in [1.54, 1.807) is 23.5 Å². The quantitative estimate of drug-likeness (QED) is 0.912. The molecule has 0 saturated heterocycles. The summed E-state index contributed by atoms with van der Waals surface area (Å²) in [5.41, 5.74) is 1.02. The Kier molecular flexibility index (Phi) is 3.68. The van der Waals surface area contributed by atoms with E-state index in [2.05, 4.69) is 15.3 Å². The SMILES string of the molecule is CN(CC(=O)N[C@H]1COc2ccccc21)c1cnccn1. The number of fused-ring (bicyclic) bond motifs is 1. The Morgan fingerprint density at radius 1 is 1.43 bits per heavy atom. The number of aromatic nitrogens is 2. The number of anilines is 1. The smallest absolute Gasteiger partial charge is 0.240 e. The molecule has 1 aromatic carbocycles. The van der Waals surface area contributed by atoms with Crippen LogP contribution in [0.15, 0.2) is 42.9 Å². The number of rotatable bonds is 4. The molecular weight excluding hydrogens is 268 g/mol. The number of nitrogens with one attached hydrogen (secondary N) is 1. The largest absolute Gasteiger partial charge is 0.491 e. The van der Waals surface area contributed by atoms with E-state index in [-0.39, 0.29) is 18.5 Å². The number of hydrogen-bond donors (Lipinski definition) is 1. The Morgan fingerprint density at radius 3 is 3.10 bits per heavy atom. The molecule has 6 heteroatoms. The summed E-state index contributed by atoms with van der Waals surface area (Å²) in [5, 5.41) is 2.98. The number of benzene rings is 1. The molecule has 0 unspecified atom stereocenters. The maximum absolute atomic E-state index is 12.1. The Morgan fingerprint density at radius 2 is 2.29 bits per heavy atom. The van der Waals surface area contributed by atoms with Crippen LogP contribution in [0, 0.1) is 0 Å². The highest BCUT2D eigenvalue weighted by atomic mass is 16.5. The second-order valence-electron chi connectivity index (χ2n) is 4.89. The molecule has 0 aliphatic carbocycles. The molecule has 0 bridgehead atoms. The van der Waals surface area contributed by atoms with E-state index in [0.29, 0.717) is 12.4 Å². The van der Waals surface area contributed by atoms with Gasteiger partial charge < -0.3 is 15.0 Å². The first-order chi connectivity index (χ1) is 10.2. The predicted molar refractivity (Wildman–Crippen MR) is 78.1 cm³/mol. The van der Waals surface area contributed by atoms with Gasteiger partial charge in [0.15, 0.2) is 0 Å². The van der Waals surface area contributed by atoms with Gasteiger partial charge in [-0.2, -0.15) is 0 Å². The number of hydrogen-bond acceptors (Lipinski definition) is 5. The van der Waals surface area contributed by atoms with Crippen LogP contribution in [0.25, 0.3) is 0 Å². The van der Waals surface area contributed by atoms with Gasteiger partial charge in [-0.3, -0.25) is 9.78 Å². The topological polar surface area (TPSA) is 67.4 Å². The lowest BCUT2D eigenvalue weighted by molar-refractivity contribution is -0.120. The molecule has 0 fully saturated rings. The normalized spacial score (nSPS) is 16.0. The Hall–Kier alpha value is -2.63. The van der Waals surface area contributed by atoms with E-state index >= 15 is 0 Å². The summed E-state index contributed by atoms with van der Waals surface area (Å²) in [6, 6.07) is 7.65. The van der Waals surface area contributed by atoms with Crippen molar-refractivity contribution in [2.45, 2.75) is 6.04 Å². The summed E-state index contributed by atoms with van der Waals surface area (Å²) in [6.07, 6.45) is 4.83. The molecule has 108 valence electrons. The number of carbonyl (C=O) groups is 1. The van der Waals surface area contributed by atoms with Gasteiger partial charge in [0.25, 0.3) is 0 Å². The van der Waals surface area contributed by atoms with Gasteiger partial charge in [-0.15, -0.1) is 0 Å². The molecule has 1 aromatic heterocycles. The van der Waals surface area contributed by atoms with E-state index in [0.717, 1.165) is 11.3 Å². The third-order valence-corrected chi connectivity index (χ3v) is 3.36. The van der Waals surface area contributed by atoms with Gasteiger partial charge >= 0.3 is 0 Å². The van der Waals surface area contributed by atoms with E-state index < -0.39 is 0 Å². The highest BCUT2D eigenvalue weighted by molar-refractivity contribution is 5.81. The molecule has 1 aliphatic heterocycles. The molecule has 0 saturated carbocycles. The van der Waals surface area contributed by atoms with Crippen molar-refractivity contribution in [1.29, 1.82) is 0 Å². The van der Waals surface area contributed by atoms with Gasteiger partial charge in [-0.05, 0) is 6.07 Å². The minimum absolute atomic E-state index is 0.0755. The first-order valence-corrected chi connectivity index (χ1v) is 6.72. The summed E-state index contributed by atoms with van der Waals surface area (Å²) in [7, 11) is 1.81. The molecule has 2 aromatic rings. The van der Waals surface area contributed by atoms with E-state index in [1.807, 2.05) is 31.3 Å². The monoisotopic (exact) mass is 284 g/mol. The number of amides is 1. The second kappa shape index (κ2) is 5.78. The van der Waals surface area contributed by atoms with Crippen LogP contribution >= 0.6 is 0 Å². The van der Waals surface area contributed by atoms with Crippen molar-refractivity contribution in [3.8, 4) is 5.75 Å². The average Bonchev–Trinajstić information content (AvgIpc) is 2.91. The number of nitrogens with zero attached hydrogens (tertiary/aromatic N) is 3. The van der Waals surface area contributed by atoms with Gasteiger partial charge in [0.1, 0.15) is 18.2 Å². The summed E-state index contributed by atoms with van der Waals surface area (Å²) >= 11 is 0. The fraction of sp³-hybridized carbons (Fsp3) is 0.267. The van der Waals surface area contributed by atoms with Crippen LogP contribution in [0.3, 0.4) is 0 Å². The van der Waals surface area contributed by atoms with Crippen LogP contribution in [0.5, 0.6) is 5.75 Å². The van der Waals surface area contributed by atoms with Crippen molar-refractivity contribution in [2.24, 2.45) is 0 Å². The molecule has 21 heavy (non-hydrogen) atoms. The van der Waals surface area contributed by atoms with Crippen LogP contribution in [-0.2, 0) is 4.79 Å². The number of ether oxygens (including phenoxy) is 1. The van der Waals surface area contributed by atoms with E-state index in [4.69, 9.17) is 4.74 Å². The summed E-state index contributed by atoms with van der Waals surface area (Å²) < 4.78 is 5.55. The molecule has 1 N–H and O–H groups in total. The number of likely N-dealkylation sites (N-methyl/N-ethyl adjacent to an activating group) is 1. The Bertz CT molecular complexity index is 633. The average molecular weight is 284 g/mol. The lowest BCUT2D eigenvalue weighted by Crippen LogP contribution is -2.38. The van der Waals surface area contributed by atoms with E-state index in [9.17, 15) is 4.79 Å². The minimum atomic E-state index is -0.0936. The molecule has 1 aliphatic rings. The van der Waals surface area contributed by atoms with Crippen LogP contribution in [0.2, 0.25) is 0 Å². The molecule has 2 heterocycles. The molecule has 1 atom stereocenters. The van der Waals surface area contributed by atoms with Crippen molar-refractivity contribution in [3.05, 3.63) is 48.4 Å². The molecule has 0 spiro atoms. The molecule has 6 nitrogen and oxygen atoms in total. The Labute approximate surface area is 122 Å². The zero-order valence-electron chi connectivity index (χ0n) is 11.7. The fourth-order valence-corrected chi connectivity index (χ4v) is 2.31. The van der Waals surface area contributed by atoms with Crippen molar-refractivity contribution >= 4 is 11.7 Å². The zero-order valence-corrected chi connectivity index (χ0v) is 11.7. The van der Waals surface area contributed by atoms with Crippen LogP contribution in [-0.4, -0.2) is 36.1 Å². The van der Waals surface area contributed by atoms with Crippen molar-refractivity contribution < 1.29 is 9.53 Å². The first-order valence-electron chi connectivity index (χ1n) is 6.72. The maximum atomic E-state index is 12.1. The Balaban J connectivity index is 1.61. The predicted octanol–water partition coefficient (Wildman–Crippen LogP) is 1.16. The van der Waals surface area contributed by atoms with Gasteiger partial charge in [-0.25, -0.2) is 4.98 Å². The first kappa shape index (κ1) is 13.4. The van der Waals surface area contributed by atoms with Crippen molar-refractivity contribution in [2.75, 3.05) is 25.1 Å². The second-order valence-corrected chi connectivity index (χ2v) is 4.89. The van der Waals surface area contributed by atoms with Crippen LogP contribution < -0.4 is 15.0 Å². The zero-order chi connectivity index (χ0) is 14.7. The highest BCUT2D eigenvalue weighted by Crippen LogP contribution is 2.31. The molecular formula is C15H16N4O2. The summed E-state index contributed by atoms with van der Waals surface area (Å²) in [5.74, 6) is 1.43. The van der Waals surface area contributed by atoms with Gasteiger partial charge in [-0.1, -0.05) is 18.2 Å². The molecule has 0 radical (unpaired) electrons. The lowest BCUT2D eigenvalue weighted by Gasteiger charge is -2.18. The standard InChI is InChI=1S/C15H16N4O2/c1-19(14-8-16-6-7-17-14)9-15(20)18-12-10-21-13-5-3-2-4-11(12)13/h2-8,12H,9-10H2,1H3,(H,18,20)/t12-/m0/s1. The van der Waals surface area contributed by atoms with Gasteiger partial charge in [0.2, 0.25) is 5.91 Å².